The maximum absolute atomic E-state index is 11.8. The van der Waals surface area contributed by atoms with Gasteiger partial charge in [0.15, 0.2) is 0 Å². The minimum absolute atomic E-state index is 0. The Labute approximate surface area is 125 Å². The van der Waals surface area contributed by atoms with Crippen molar-refractivity contribution in [3.63, 3.8) is 0 Å². The molecule has 0 saturated carbocycles. The van der Waals surface area contributed by atoms with Gasteiger partial charge in [-0.05, 0) is 40.8 Å². The summed E-state index contributed by atoms with van der Waals surface area (Å²) in [5, 5.41) is 6.57. The van der Waals surface area contributed by atoms with E-state index in [-0.39, 0.29) is 18.3 Å². The van der Waals surface area contributed by atoms with Gasteiger partial charge in [-0.25, -0.2) is 0 Å². The fraction of sp³-hybridized carbons (Fsp3) is 0.364. The molecular formula is C11H13Cl2IN2O. The maximum atomic E-state index is 11.8. The lowest BCUT2D eigenvalue weighted by Crippen LogP contribution is -2.48. The van der Waals surface area contributed by atoms with Crippen molar-refractivity contribution >= 4 is 52.5 Å². The second kappa shape index (κ2) is 6.78. The SMILES string of the molecule is Cl.O=C(NCC1CNC1)c1cc(I)ccc1Cl. The molecule has 1 heterocycles. The summed E-state index contributed by atoms with van der Waals surface area (Å²) in [6.45, 7) is 2.69. The highest BCUT2D eigenvalue weighted by Crippen LogP contribution is 2.18. The van der Waals surface area contributed by atoms with Crippen LogP contribution < -0.4 is 10.6 Å². The molecule has 2 N–H and O–H groups in total. The molecule has 6 heteroatoms. The highest BCUT2D eigenvalue weighted by atomic mass is 127. The molecular weight excluding hydrogens is 374 g/mol. The van der Waals surface area contributed by atoms with Crippen LogP contribution in [-0.4, -0.2) is 25.5 Å². The van der Waals surface area contributed by atoms with Crippen LogP contribution >= 0.6 is 46.6 Å². The van der Waals surface area contributed by atoms with E-state index in [0.717, 1.165) is 16.7 Å². The number of nitrogens with one attached hydrogen (secondary N) is 2. The molecule has 0 aromatic heterocycles. The fourth-order valence-electron chi connectivity index (χ4n) is 1.50. The molecule has 17 heavy (non-hydrogen) atoms. The van der Waals surface area contributed by atoms with Gasteiger partial charge in [-0.1, -0.05) is 11.6 Å². The summed E-state index contributed by atoms with van der Waals surface area (Å²) in [5.74, 6) is 0.473. The summed E-state index contributed by atoms with van der Waals surface area (Å²) < 4.78 is 1.01. The normalized spacial score (nSPS) is 14.7. The number of amides is 1. The first-order valence-corrected chi connectivity index (χ1v) is 6.56. The van der Waals surface area contributed by atoms with Crippen LogP contribution in [0.4, 0.5) is 0 Å². The Morgan fingerprint density at radius 1 is 1.53 bits per heavy atom. The molecule has 0 bridgehead atoms. The fourth-order valence-corrected chi connectivity index (χ4v) is 2.19. The van der Waals surface area contributed by atoms with Gasteiger partial charge in [-0.15, -0.1) is 12.4 Å². The molecule has 1 fully saturated rings. The van der Waals surface area contributed by atoms with Crippen LogP contribution in [-0.2, 0) is 0 Å². The number of carbonyl (C=O) groups is 1. The van der Waals surface area contributed by atoms with E-state index >= 15 is 0 Å². The van der Waals surface area contributed by atoms with Gasteiger partial charge < -0.3 is 10.6 Å². The molecule has 0 unspecified atom stereocenters. The molecule has 1 aromatic rings. The van der Waals surface area contributed by atoms with E-state index in [4.69, 9.17) is 11.6 Å². The van der Waals surface area contributed by atoms with Gasteiger partial charge in [0.05, 0.1) is 10.6 Å². The molecule has 1 aromatic carbocycles. The number of hydrogen-bond donors (Lipinski definition) is 2. The van der Waals surface area contributed by atoms with E-state index < -0.39 is 0 Å². The van der Waals surface area contributed by atoms with Crippen LogP contribution in [0.2, 0.25) is 5.02 Å². The summed E-state index contributed by atoms with van der Waals surface area (Å²) in [4.78, 5) is 11.8. The van der Waals surface area contributed by atoms with Crippen LogP contribution in [0.3, 0.4) is 0 Å². The first kappa shape index (κ1) is 15.0. The second-order valence-electron chi connectivity index (χ2n) is 3.86. The summed E-state index contributed by atoms with van der Waals surface area (Å²) in [6.07, 6.45) is 0. The van der Waals surface area contributed by atoms with Gasteiger partial charge in [-0.2, -0.15) is 0 Å². The lowest BCUT2D eigenvalue weighted by molar-refractivity contribution is 0.0942. The molecule has 0 atom stereocenters. The molecule has 1 amide bonds. The first-order chi connectivity index (χ1) is 7.66. The van der Waals surface area contributed by atoms with E-state index in [1.807, 2.05) is 6.07 Å². The quantitative estimate of drug-likeness (QED) is 0.782. The third-order valence-electron chi connectivity index (χ3n) is 2.59. The topological polar surface area (TPSA) is 41.1 Å². The predicted molar refractivity (Wildman–Crippen MR) is 80.1 cm³/mol. The summed E-state index contributed by atoms with van der Waals surface area (Å²) in [6, 6.07) is 5.44. The Morgan fingerprint density at radius 2 is 2.24 bits per heavy atom. The van der Waals surface area contributed by atoms with E-state index in [1.165, 1.54) is 0 Å². The van der Waals surface area contributed by atoms with E-state index in [1.54, 1.807) is 12.1 Å². The second-order valence-corrected chi connectivity index (χ2v) is 5.51. The average Bonchev–Trinajstić information content (AvgIpc) is 2.19. The largest absolute Gasteiger partial charge is 0.352 e. The van der Waals surface area contributed by atoms with Crippen molar-refractivity contribution in [2.75, 3.05) is 19.6 Å². The lowest BCUT2D eigenvalue weighted by Gasteiger charge is -2.27. The monoisotopic (exact) mass is 386 g/mol. The van der Waals surface area contributed by atoms with E-state index in [9.17, 15) is 4.79 Å². The highest BCUT2D eigenvalue weighted by Gasteiger charge is 2.18. The van der Waals surface area contributed by atoms with Crippen LogP contribution in [0.5, 0.6) is 0 Å². The summed E-state index contributed by atoms with van der Waals surface area (Å²) >= 11 is 8.14. The molecule has 1 aliphatic rings. The third kappa shape index (κ3) is 3.98. The first-order valence-electron chi connectivity index (χ1n) is 5.11. The molecule has 3 nitrogen and oxygen atoms in total. The molecule has 0 radical (unpaired) electrons. The van der Waals surface area contributed by atoms with Gasteiger partial charge in [0.2, 0.25) is 0 Å². The van der Waals surface area contributed by atoms with Crippen molar-refractivity contribution in [2.45, 2.75) is 0 Å². The molecule has 1 aliphatic heterocycles. The van der Waals surface area contributed by atoms with Crippen molar-refractivity contribution < 1.29 is 4.79 Å². The number of carbonyl (C=O) groups excluding carboxylic acids is 1. The molecule has 0 spiro atoms. The Balaban J connectivity index is 0.00000144. The van der Waals surface area contributed by atoms with Gasteiger partial charge >= 0.3 is 0 Å². The zero-order chi connectivity index (χ0) is 11.5. The third-order valence-corrected chi connectivity index (χ3v) is 3.59. The van der Waals surface area contributed by atoms with Crippen molar-refractivity contribution in [2.24, 2.45) is 5.92 Å². The number of rotatable bonds is 3. The molecule has 0 aliphatic carbocycles. The highest BCUT2D eigenvalue weighted by molar-refractivity contribution is 14.1. The lowest BCUT2D eigenvalue weighted by atomic mass is 10.0. The van der Waals surface area contributed by atoms with Gasteiger partial charge in [0.1, 0.15) is 0 Å². The number of benzene rings is 1. The molecule has 2 rings (SSSR count). The molecule has 94 valence electrons. The van der Waals surface area contributed by atoms with Crippen molar-refractivity contribution in [3.8, 4) is 0 Å². The van der Waals surface area contributed by atoms with Crippen LogP contribution in [0.25, 0.3) is 0 Å². The van der Waals surface area contributed by atoms with Gasteiger partial charge in [0.25, 0.3) is 5.91 Å². The maximum Gasteiger partial charge on any atom is 0.252 e. The van der Waals surface area contributed by atoms with Crippen molar-refractivity contribution in [1.82, 2.24) is 10.6 Å². The van der Waals surface area contributed by atoms with Crippen LogP contribution in [0.1, 0.15) is 10.4 Å². The minimum Gasteiger partial charge on any atom is -0.352 e. The van der Waals surface area contributed by atoms with Gasteiger partial charge in [-0.3, -0.25) is 4.79 Å². The van der Waals surface area contributed by atoms with Crippen molar-refractivity contribution in [3.05, 3.63) is 32.4 Å². The predicted octanol–water partition coefficient (Wildman–Crippen LogP) is 2.32. The Hall–Kier alpha value is -0.0400. The van der Waals surface area contributed by atoms with Gasteiger partial charge in [0, 0.05) is 29.1 Å². The van der Waals surface area contributed by atoms with Crippen LogP contribution in [0, 0.1) is 9.49 Å². The zero-order valence-electron chi connectivity index (χ0n) is 9.00. The Morgan fingerprint density at radius 3 is 2.82 bits per heavy atom. The number of hydrogen-bond acceptors (Lipinski definition) is 2. The standard InChI is InChI=1S/C11H12ClIN2O.ClH/c12-10-2-1-8(13)3-9(10)11(16)15-6-7-4-14-5-7;/h1-3,7,14H,4-6H2,(H,15,16);1H. The molecule has 1 saturated heterocycles. The minimum atomic E-state index is -0.0876. The average molecular weight is 387 g/mol. The Bertz CT molecular complexity index is 410. The van der Waals surface area contributed by atoms with E-state index in [2.05, 4.69) is 33.2 Å². The summed E-state index contributed by atoms with van der Waals surface area (Å²) in [7, 11) is 0. The van der Waals surface area contributed by atoms with Crippen LogP contribution in [0.15, 0.2) is 18.2 Å². The van der Waals surface area contributed by atoms with Crippen molar-refractivity contribution in [1.29, 1.82) is 0 Å². The summed E-state index contributed by atoms with van der Waals surface area (Å²) in [5.41, 5.74) is 0.556. The Kier molecular flexibility index (Phi) is 5.99. The smallest absolute Gasteiger partial charge is 0.252 e. The zero-order valence-corrected chi connectivity index (χ0v) is 12.7. The van der Waals surface area contributed by atoms with E-state index in [0.29, 0.717) is 23.0 Å². The number of halogens is 3.